The summed E-state index contributed by atoms with van der Waals surface area (Å²) in [6, 6.07) is 8.62. The minimum absolute atomic E-state index is 0.250. The van der Waals surface area contributed by atoms with Crippen molar-refractivity contribution in [3.05, 3.63) is 35.4 Å². The fourth-order valence-electron chi connectivity index (χ4n) is 2.35. The highest BCUT2D eigenvalue weighted by atomic mass is 32.2. The lowest BCUT2D eigenvalue weighted by atomic mass is 9.94. The number of rotatable bonds is 3. The molecule has 0 aromatic heterocycles. The molecule has 0 aliphatic carbocycles. The normalized spacial score (nSPS) is 21.0. The van der Waals surface area contributed by atoms with Crippen LogP contribution in [0.2, 0.25) is 0 Å². The molecule has 1 heterocycles. The maximum Gasteiger partial charge on any atom is 0.211 e. The molecule has 0 saturated carbocycles. The molecule has 1 atom stereocenters. The van der Waals surface area contributed by atoms with Crippen molar-refractivity contribution in [1.82, 2.24) is 9.21 Å². The van der Waals surface area contributed by atoms with Crippen LogP contribution in [0, 0.1) is 0 Å². The van der Waals surface area contributed by atoms with Gasteiger partial charge in [0.05, 0.1) is 6.26 Å². The predicted octanol–water partition coefficient (Wildman–Crippen LogP) is 0.935. The Bertz CT molecular complexity index is 528. The second-order valence-electron chi connectivity index (χ2n) is 5.09. The maximum absolute atomic E-state index is 11.5. The van der Waals surface area contributed by atoms with E-state index in [4.69, 9.17) is 0 Å². The molecule has 4 nitrogen and oxygen atoms in total. The first-order valence-electron chi connectivity index (χ1n) is 6.06. The molecule has 0 bridgehead atoms. The standard InChI is InChI=1S/C13H20N2O2S/c1-14-9-12-7-5-4-6-11(12)8-13(14)10-15(2)18(3,16)17/h4-7,13H,8-10H2,1-3H3. The van der Waals surface area contributed by atoms with E-state index < -0.39 is 10.0 Å². The quantitative estimate of drug-likeness (QED) is 0.819. The van der Waals surface area contributed by atoms with Crippen molar-refractivity contribution in [2.45, 2.75) is 19.0 Å². The van der Waals surface area contributed by atoms with Crippen LogP contribution < -0.4 is 0 Å². The molecule has 1 aromatic carbocycles. The highest BCUT2D eigenvalue weighted by Crippen LogP contribution is 2.22. The van der Waals surface area contributed by atoms with E-state index in [1.165, 1.54) is 21.7 Å². The number of sulfonamides is 1. The number of benzene rings is 1. The topological polar surface area (TPSA) is 40.6 Å². The van der Waals surface area contributed by atoms with Crippen LogP contribution >= 0.6 is 0 Å². The van der Waals surface area contributed by atoms with Crippen LogP contribution in [-0.2, 0) is 23.0 Å². The van der Waals surface area contributed by atoms with Gasteiger partial charge in [0.15, 0.2) is 0 Å². The van der Waals surface area contributed by atoms with Gasteiger partial charge in [0.1, 0.15) is 0 Å². The number of nitrogens with zero attached hydrogens (tertiary/aromatic N) is 2. The Hall–Kier alpha value is -0.910. The molecule has 2 rings (SSSR count). The largest absolute Gasteiger partial charge is 0.298 e. The molecule has 5 heteroatoms. The van der Waals surface area contributed by atoms with E-state index in [9.17, 15) is 8.42 Å². The summed E-state index contributed by atoms with van der Waals surface area (Å²) in [6.45, 7) is 1.43. The van der Waals surface area contributed by atoms with Gasteiger partial charge in [-0.25, -0.2) is 12.7 Å². The van der Waals surface area contributed by atoms with Gasteiger partial charge < -0.3 is 0 Å². The van der Waals surface area contributed by atoms with E-state index in [2.05, 4.69) is 30.1 Å². The smallest absolute Gasteiger partial charge is 0.211 e. The van der Waals surface area contributed by atoms with E-state index in [0.717, 1.165) is 13.0 Å². The Morgan fingerprint density at radius 3 is 2.56 bits per heavy atom. The Labute approximate surface area is 109 Å². The van der Waals surface area contributed by atoms with Crippen LogP contribution in [0.1, 0.15) is 11.1 Å². The Balaban J connectivity index is 2.13. The molecule has 18 heavy (non-hydrogen) atoms. The highest BCUT2D eigenvalue weighted by molar-refractivity contribution is 7.88. The van der Waals surface area contributed by atoms with Crippen LogP contribution in [0.15, 0.2) is 24.3 Å². The zero-order valence-corrected chi connectivity index (χ0v) is 11.9. The Morgan fingerprint density at radius 2 is 1.94 bits per heavy atom. The fourth-order valence-corrected chi connectivity index (χ4v) is 2.80. The number of hydrogen-bond donors (Lipinski definition) is 0. The van der Waals surface area contributed by atoms with Crippen molar-refractivity contribution in [3.63, 3.8) is 0 Å². The SMILES string of the molecule is CN1Cc2ccccc2CC1CN(C)S(C)(=O)=O. The zero-order valence-electron chi connectivity index (χ0n) is 11.1. The molecule has 1 unspecified atom stereocenters. The van der Waals surface area contributed by atoms with Gasteiger partial charge in [-0.2, -0.15) is 0 Å². The maximum atomic E-state index is 11.5. The van der Waals surface area contributed by atoms with E-state index in [1.54, 1.807) is 7.05 Å². The van der Waals surface area contributed by atoms with Gasteiger partial charge in [-0.15, -0.1) is 0 Å². The molecule has 0 fully saturated rings. The average Bonchev–Trinajstić information content (AvgIpc) is 2.28. The summed E-state index contributed by atoms with van der Waals surface area (Å²) in [5.41, 5.74) is 2.68. The number of likely N-dealkylation sites (N-methyl/N-ethyl adjacent to an activating group) is 2. The van der Waals surface area contributed by atoms with E-state index >= 15 is 0 Å². The Kier molecular flexibility index (Phi) is 3.75. The van der Waals surface area contributed by atoms with Gasteiger partial charge >= 0.3 is 0 Å². The lowest BCUT2D eigenvalue weighted by Crippen LogP contribution is -2.45. The van der Waals surface area contributed by atoms with Crippen LogP contribution in [-0.4, -0.2) is 50.6 Å². The third-order valence-corrected chi connectivity index (χ3v) is 4.93. The second kappa shape index (κ2) is 4.99. The molecule has 0 spiro atoms. The van der Waals surface area contributed by atoms with Crippen LogP contribution in [0.5, 0.6) is 0 Å². The minimum Gasteiger partial charge on any atom is -0.298 e. The minimum atomic E-state index is -3.10. The molecule has 1 aromatic rings. The molecule has 1 aliphatic rings. The predicted molar refractivity (Wildman–Crippen MR) is 72.9 cm³/mol. The summed E-state index contributed by atoms with van der Waals surface area (Å²) in [6.07, 6.45) is 2.16. The van der Waals surface area contributed by atoms with Crippen molar-refractivity contribution < 1.29 is 8.42 Å². The van der Waals surface area contributed by atoms with Gasteiger partial charge in [-0.1, -0.05) is 24.3 Å². The summed E-state index contributed by atoms with van der Waals surface area (Å²) in [4.78, 5) is 2.23. The third-order valence-electron chi connectivity index (χ3n) is 3.65. The molecule has 100 valence electrons. The number of hydrogen-bond acceptors (Lipinski definition) is 3. The molecule has 0 saturated heterocycles. The van der Waals surface area contributed by atoms with E-state index in [1.807, 2.05) is 6.07 Å². The van der Waals surface area contributed by atoms with Crippen LogP contribution in [0.4, 0.5) is 0 Å². The first kappa shape index (κ1) is 13.5. The monoisotopic (exact) mass is 268 g/mol. The van der Waals surface area contributed by atoms with Crippen molar-refractivity contribution in [2.24, 2.45) is 0 Å². The second-order valence-corrected chi connectivity index (χ2v) is 7.17. The first-order valence-corrected chi connectivity index (χ1v) is 7.91. The molecular weight excluding hydrogens is 248 g/mol. The summed E-state index contributed by atoms with van der Waals surface area (Å²) < 4.78 is 24.4. The third kappa shape index (κ3) is 2.91. The molecule has 0 N–H and O–H groups in total. The van der Waals surface area contributed by atoms with Crippen molar-refractivity contribution in [1.29, 1.82) is 0 Å². The van der Waals surface area contributed by atoms with Crippen LogP contribution in [0.3, 0.4) is 0 Å². The van der Waals surface area contributed by atoms with E-state index in [0.29, 0.717) is 6.54 Å². The highest BCUT2D eigenvalue weighted by Gasteiger charge is 2.26. The van der Waals surface area contributed by atoms with Crippen molar-refractivity contribution in [2.75, 3.05) is 26.9 Å². The first-order chi connectivity index (χ1) is 8.38. The summed E-state index contributed by atoms with van der Waals surface area (Å²) in [5.74, 6) is 0. The zero-order chi connectivity index (χ0) is 13.3. The molecule has 0 amide bonds. The van der Waals surface area contributed by atoms with Crippen LogP contribution in [0.25, 0.3) is 0 Å². The van der Waals surface area contributed by atoms with Gasteiger partial charge in [-0.3, -0.25) is 4.90 Å². The van der Waals surface area contributed by atoms with Gasteiger partial charge in [0, 0.05) is 26.2 Å². The number of fused-ring (bicyclic) bond motifs is 1. The lowest BCUT2D eigenvalue weighted by molar-refractivity contribution is 0.191. The van der Waals surface area contributed by atoms with Crippen molar-refractivity contribution in [3.8, 4) is 0 Å². The van der Waals surface area contributed by atoms with Gasteiger partial charge in [-0.05, 0) is 24.6 Å². The van der Waals surface area contributed by atoms with Crippen molar-refractivity contribution >= 4 is 10.0 Å². The Morgan fingerprint density at radius 1 is 1.33 bits per heavy atom. The molecule has 0 radical (unpaired) electrons. The summed E-state index contributed by atoms with van der Waals surface area (Å²) >= 11 is 0. The molecule has 1 aliphatic heterocycles. The van der Waals surface area contributed by atoms with Gasteiger partial charge in [0.2, 0.25) is 10.0 Å². The molecular formula is C13H20N2O2S. The lowest BCUT2D eigenvalue weighted by Gasteiger charge is -2.35. The summed E-state index contributed by atoms with van der Waals surface area (Å²) in [5, 5.41) is 0. The summed E-state index contributed by atoms with van der Waals surface area (Å²) in [7, 11) is 0.599. The fraction of sp³-hybridized carbons (Fsp3) is 0.538. The van der Waals surface area contributed by atoms with Gasteiger partial charge in [0.25, 0.3) is 0 Å². The average molecular weight is 268 g/mol. The van der Waals surface area contributed by atoms with E-state index in [-0.39, 0.29) is 6.04 Å².